The van der Waals surface area contributed by atoms with Gasteiger partial charge >= 0.3 is 0 Å². The molecule has 1 amide bonds. The van der Waals surface area contributed by atoms with Crippen LogP contribution in [-0.4, -0.2) is 24.2 Å². The Morgan fingerprint density at radius 1 is 0.545 bits per heavy atom. The maximum Gasteiger partial charge on any atom is 0.224 e. The van der Waals surface area contributed by atoms with Gasteiger partial charge in [0.15, 0.2) is 0 Å². The molecular formula is C55H55N7O2S2. The van der Waals surface area contributed by atoms with Gasteiger partial charge in [0, 0.05) is 29.5 Å². The number of nitrogens with two attached hydrogens (primary N) is 2. The van der Waals surface area contributed by atoms with E-state index in [1.165, 1.54) is 16.7 Å². The van der Waals surface area contributed by atoms with E-state index in [4.69, 9.17) is 16.2 Å². The van der Waals surface area contributed by atoms with Crippen LogP contribution in [0.1, 0.15) is 52.1 Å². The molecule has 0 fully saturated rings. The number of para-hydroxylation sites is 3. The molecule has 8 rings (SSSR count). The first-order valence-electron chi connectivity index (χ1n) is 22.0. The Morgan fingerprint density at radius 2 is 1.11 bits per heavy atom. The second kappa shape index (κ2) is 24.6. The average Bonchev–Trinajstić information content (AvgIpc) is 4.09. The predicted molar refractivity (Wildman–Crippen MR) is 279 cm³/mol. The Bertz CT molecular complexity index is 2750. The van der Waals surface area contributed by atoms with E-state index in [-0.39, 0.29) is 5.91 Å². The summed E-state index contributed by atoms with van der Waals surface area (Å²) >= 11 is 3.17. The zero-order chi connectivity index (χ0) is 45.8. The number of thiophene rings is 2. The average molecular weight is 910 g/mol. The molecule has 0 saturated heterocycles. The fraction of sp³-hybridized carbons (Fsp3) is 0.145. The number of unbranched alkanes of at least 4 members (excludes halogenated alkanes) is 1. The molecule has 2 heterocycles. The van der Waals surface area contributed by atoms with Crippen molar-refractivity contribution in [1.29, 1.82) is 0 Å². The predicted octanol–water partition coefficient (Wildman–Crippen LogP) is 13.7. The van der Waals surface area contributed by atoms with E-state index < -0.39 is 0 Å². The van der Waals surface area contributed by atoms with Crippen LogP contribution >= 0.6 is 22.7 Å². The number of anilines is 5. The second-order valence-corrected chi connectivity index (χ2v) is 17.4. The van der Waals surface area contributed by atoms with Gasteiger partial charge in [0.2, 0.25) is 5.91 Å². The van der Waals surface area contributed by atoms with E-state index in [2.05, 4.69) is 57.1 Å². The standard InChI is InChI=1S/C28H28N4OS.C27H27N3OS/c1-20-11-15-22(16-12-20)30-24-7-2-3-8-25(24)32-27(33)10-4-6-21-13-17-23(18-14-21)31-28(29)26-9-5-19-34-26;28-27(26-13-7-19-32-26)30-23-16-14-21(15-17-23)8-4-5-18-31-25-12-6-11-24(20-25)29-22-9-2-1-3-10-22/h2-3,5,7-9,11-19,30H,4,6,10H2,1H3,(H2,29,31)(H,32,33);1-3,6-7,9-17,19-20,29H,4-5,8,18H2,(H2,28,30). The van der Waals surface area contributed by atoms with E-state index in [1.807, 2.05) is 162 Å². The third-order valence-corrected chi connectivity index (χ3v) is 12.1. The largest absolute Gasteiger partial charge is 0.494 e. The van der Waals surface area contributed by atoms with Gasteiger partial charge in [-0.1, -0.05) is 90.5 Å². The molecule has 0 atom stereocenters. The van der Waals surface area contributed by atoms with E-state index >= 15 is 0 Å². The number of rotatable bonds is 19. The Kier molecular flexibility index (Phi) is 17.3. The van der Waals surface area contributed by atoms with Crippen LogP contribution in [0.25, 0.3) is 0 Å². The Labute approximate surface area is 396 Å². The normalized spacial score (nSPS) is 11.3. The molecule has 2 aromatic heterocycles. The summed E-state index contributed by atoms with van der Waals surface area (Å²) in [7, 11) is 0. The molecule has 0 unspecified atom stereocenters. The van der Waals surface area contributed by atoms with E-state index in [9.17, 15) is 4.79 Å². The van der Waals surface area contributed by atoms with Crippen molar-refractivity contribution < 1.29 is 9.53 Å². The molecular weight excluding hydrogens is 855 g/mol. The maximum absolute atomic E-state index is 12.6. The number of nitrogens with zero attached hydrogens (tertiary/aromatic N) is 2. The highest BCUT2D eigenvalue weighted by atomic mass is 32.1. The lowest BCUT2D eigenvalue weighted by Gasteiger charge is -2.13. The quantitative estimate of drug-likeness (QED) is 0.0311. The van der Waals surface area contributed by atoms with Crippen molar-refractivity contribution in [2.24, 2.45) is 21.5 Å². The fourth-order valence-electron chi connectivity index (χ4n) is 6.84. The number of carbonyl (C=O) groups is 1. The van der Waals surface area contributed by atoms with E-state index in [0.29, 0.717) is 24.7 Å². The number of carbonyl (C=O) groups excluding carboxylic acids is 1. The van der Waals surface area contributed by atoms with Gasteiger partial charge in [0.25, 0.3) is 0 Å². The Hall–Kier alpha value is -7.47. The number of hydrogen-bond donors (Lipinski definition) is 5. The lowest BCUT2D eigenvalue weighted by Crippen LogP contribution is -2.12. The van der Waals surface area contributed by atoms with Gasteiger partial charge < -0.3 is 32.2 Å². The molecule has 0 bridgehead atoms. The molecule has 7 N–H and O–H groups in total. The van der Waals surface area contributed by atoms with Gasteiger partial charge in [-0.3, -0.25) is 4.79 Å². The molecule has 0 aliphatic carbocycles. The highest BCUT2D eigenvalue weighted by molar-refractivity contribution is 7.12. The van der Waals surface area contributed by atoms with Gasteiger partial charge in [0.1, 0.15) is 17.4 Å². The third kappa shape index (κ3) is 15.1. The number of amidine groups is 2. The van der Waals surface area contributed by atoms with Crippen LogP contribution < -0.4 is 32.2 Å². The topological polar surface area (TPSA) is 139 Å². The Morgan fingerprint density at radius 3 is 1.71 bits per heavy atom. The molecule has 8 aromatic rings. The fourth-order valence-corrected chi connectivity index (χ4v) is 8.10. The molecule has 0 aliphatic heterocycles. The van der Waals surface area contributed by atoms with Crippen molar-refractivity contribution in [2.75, 3.05) is 22.6 Å². The number of hydrogen-bond acceptors (Lipinski definition) is 8. The van der Waals surface area contributed by atoms with Gasteiger partial charge in [-0.25, -0.2) is 9.98 Å². The summed E-state index contributed by atoms with van der Waals surface area (Å²) in [5.74, 6) is 1.98. The van der Waals surface area contributed by atoms with Crippen molar-refractivity contribution in [2.45, 2.75) is 45.4 Å². The maximum atomic E-state index is 12.6. The van der Waals surface area contributed by atoms with Crippen LogP contribution in [0.2, 0.25) is 0 Å². The first-order chi connectivity index (χ1) is 32.3. The minimum absolute atomic E-state index is 0.00287. The minimum Gasteiger partial charge on any atom is -0.494 e. The summed E-state index contributed by atoms with van der Waals surface area (Å²) in [5.41, 5.74) is 22.2. The van der Waals surface area contributed by atoms with Crippen molar-refractivity contribution in [1.82, 2.24) is 0 Å². The lowest BCUT2D eigenvalue weighted by molar-refractivity contribution is -0.116. The van der Waals surface area contributed by atoms with Gasteiger partial charge in [-0.2, -0.15) is 0 Å². The highest BCUT2D eigenvalue weighted by Gasteiger charge is 2.08. The monoisotopic (exact) mass is 909 g/mol. The summed E-state index contributed by atoms with van der Waals surface area (Å²) in [5, 5.41) is 13.8. The molecule has 66 heavy (non-hydrogen) atoms. The van der Waals surface area contributed by atoms with Crippen LogP contribution in [0.15, 0.2) is 197 Å². The molecule has 6 aromatic carbocycles. The number of amides is 1. The summed E-state index contributed by atoms with van der Waals surface area (Å²) in [6.07, 6.45) is 5.12. The van der Waals surface area contributed by atoms with Crippen LogP contribution in [0.4, 0.5) is 39.8 Å². The second-order valence-electron chi connectivity index (χ2n) is 15.5. The van der Waals surface area contributed by atoms with Crippen molar-refractivity contribution in [3.63, 3.8) is 0 Å². The first kappa shape index (κ1) is 46.5. The number of aliphatic imine (C=N–C) groups is 2. The molecule has 334 valence electrons. The van der Waals surface area contributed by atoms with Crippen LogP contribution in [0.3, 0.4) is 0 Å². The molecule has 9 nitrogen and oxygen atoms in total. The van der Waals surface area contributed by atoms with Crippen molar-refractivity contribution in [3.05, 3.63) is 213 Å². The molecule has 0 radical (unpaired) electrons. The van der Waals surface area contributed by atoms with Crippen molar-refractivity contribution >= 4 is 80.1 Å². The molecule has 0 saturated carbocycles. The zero-order valence-electron chi connectivity index (χ0n) is 37.0. The molecule has 0 spiro atoms. The van der Waals surface area contributed by atoms with Crippen LogP contribution in [-0.2, 0) is 17.6 Å². The summed E-state index contributed by atoms with van der Waals surface area (Å²) in [4.78, 5) is 23.5. The minimum atomic E-state index is 0.00287. The summed E-state index contributed by atoms with van der Waals surface area (Å²) in [6, 6.07) is 58.3. The SMILES string of the molecule is Cc1ccc(Nc2ccccc2NC(=O)CCCc2ccc(N=C(N)c3cccs3)cc2)cc1.NC(=Nc1ccc(CCCCOc2cccc(Nc3ccccc3)c2)cc1)c1cccs1. The number of ether oxygens (including phenoxy) is 1. The zero-order valence-corrected chi connectivity index (χ0v) is 38.7. The number of nitrogens with one attached hydrogen (secondary N) is 3. The summed E-state index contributed by atoms with van der Waals surface area (Å²) in [6.45, 7) is 2.76. The molecule has 0 aliphatic rings. The highest BCUT2D eigenvalue weighted by Crippen LogP contribution is 2.27. The third-order valence-electron chi connectivity index (χ3n) is 10.3. The van der Waals surface area contributed by atoms with Gasteiger partial charge in [-0.15, -0.1) is 22.7 Å². The number of aryl methyl sites for hydroxylation is 3. The lowest BCUT2D eigenvalue weighted by atomic mass is 10.1. The first-order valence-corrected chi connectivity index (χ1v) is 23.8. The Balaban J connectivity index is 0.000000197. The van der Waals surface area contributed by atoms with Crippen LogP contribution in [0, 0.1) is 6.92 Å². The van der Waals surface area contributed by atoms with E-state index in [1.54, 1.807) is 22.7 Å². The van der Waals surface area contributed by atoms with Crippen molar-refractivity contribution in [3.8, 4) is 5.75 Å². The van der Waals surface area contributed by atoms with Gasteiger partial charge in [-0.05, 0) is 146 Å². The summed E-state index contributed by atoms with van der Waals surface area (Å²) < 4.78 is 5.95. The van der Waals surface area contributed by atoms with Crippen LogP contribution in [0.5, 0.6) is 5.75 Å². The van der Waals surface area contributed by atoms with Gasteiger partial charge in [0.05, 0.1) is 39.1 Å². The number of benzene rings is 6. The van der Waals surface area contributed by atoms with E-state index in [0.717, 1.165) is 87.4 Å². The smallest absolute Gasteiger partial charge is 0.224 e. The molecule has 11 heteroatoms.